The van der Waals surface area contributed by atoms with E-state index < -0.39 is 23.7 Å². The van der Waals surface area contributed by atoms with Gasteiger partial charge in [-0.2, -0.15) is 0 Å². The van der Waals surface area contributed by atoms with Crippen molar-refractivity contribution in [2.24, 2.45) is 0 Å². The van der Waals surface area contributed by atoms with Crippen molar-refractivity contribution < 1.29 is 23.5 Å². The molecule has 1 aromatic heterocycles. The van der Waals surface area contributed by atoms with Crippen LogP contribution >= 0.6 is 0 Å². The third-order valence-electron chi connectivity index (χ3n) is 2.41. The molecule has 1 rings (SSSR count). The third-order valence-corrected chi connectivity index (χ3v) is 2.41. The quantitative estimate of drug-likeness (QED) is 0.764. The van der Waals surface area contributed by atoms with Crippen molar-refractivity contribution in [3.63, 3.8) is 0 Å². The minimum Gasteiger partial charge on any atom is -0.469 e. The van der Waals surface area contributed by atoms with E-state index >= 15 is 0 Å². The molecule has 0 radical (unpaired) electrons. The number of methoxy groups -OCH3 is 1. The minimum absolute atomic E-state index is 0.0195. The molecule has 0 fully saturated rings. The van der Waals surface area contributed by atoms with E-state index in [9.17, 15) is 14.0 Å². The number of hydrogen-bond donors (Lipinski definition) is 0. The highest BCUT2D eigenvalue weighted by Gasteiger charge is 2.18. The second-order valence-corrected chi connectivity index (χ2v) is 3.72. The molecule has 0 bridgehead atoms. The van der Waals surface area contributed by atoms with Gasteiger partial charge >= 0.3 is 11.9 Å². The highest BCUT2D eigenvalue weighted by Crippen LogP contribution is 2.18. The molecule has 5 nitrogen and oxygen atoms in total. The predicted molar refractivity (Wildman–Crippen MR) is 60.1 cm³/mol. The van der Waals surface area contributed by atoms with Crippen LogP contribution in [-0.2, 0) is 25.7 Å². The van der Waals surface area contributed by atoms with Crippen molar-refractivity contribution in [2.75, 3.05) is 7.11 Å². The van der Waals surface area contributed by atoms with Gasteiger partial charge < -0.3 is 9.47 Å². The smallest absolute Gasteiger partial charge is 0.312 e. The molecule has 0 spiro atoms. The number of rotatable bonds is 4. The lowest BCUT2D eigenvalue weighted by Gasteiger charge is -2.10. The molecule has 1 heterocycles. The number of aromatic nitrogens is 1. The number of ether oxygens (including phenoxy) is 2. The summed E-state index contributed by atoms with van der Waals surface area (Å²) >= 11 is 0. The van der Waals surface area contributed by atoms with Gasteiger partial charge in [-0.05, 0) is 18.6 Å². The molecular formula is C12H14FNO4. The van der Waals surface area contributed by atoms with Gasteiger partial charge in [0.05, 0.1) is 13.0 Å². The average Bonchev–Trinajstić information content (AvgIpc) is 2.35. The fraction of sp³-hybridized carbons (Fsp3) is 0.417. The van der Waals surface area contributed by atoms with Crippen LogP contribution in [0.15, 0.2) is 12.3 Å². The van der Waals surface area contributed by atoms with Crippen LogP contribution < -0.4 is 0 Å². The first kappa shape index (κ1) is 14.1. The molecule has 0 aliphatic rings. The van der Waals surface area contributed by atoms with Crippen molar-refractivity contribution >= 4 is 11.9 Å². The van der Waals surface area contributed by atoms with Crippen LogP contribution in [0, 0.1) is 5.82 Å². The Morgan fingerprint density at radius 3 is 2.67 bits per heavy atom. The summed E-state index contributed by atoms with van der Waals surface area (Å²) in [6, 6.07) is 1.19. The molecule has 1 aromatic rings. The van der Waals surface area contributed by atoms with Gasteiger partial charge in [0.15, 0.2) is 0 Å². The zero-order valence-corrected chi connectivity index (χ0v) is 10.4. The Labute approximate surface area is 104 Å². The lowest BCUT2D eigenvalue weighted by molar-refractivity contribution is -0.143. The standard InChI is InChI=1S/C12H14FNO4/c1-7(12(16)17-3)9-4-10(13)11(14-5-9)6-18-8(2)15/h4-5,7H,6H2,1-3H3. The van der Waals surface area contributed by atoms with Crippen molar-refractivity contribution in [1.29, 1.82) is 0 Å². The number of esters is 2. The number of pyridine rings is 1. The summed E-state index contributed by atoms with van der Waals surface area (Å²) in [5.41, 5.74) is 0.428. The summed E-state index contributed by atoms with van der Waals surface area (Å²) in [7, 11) is 1.26. The third kappa shape index (κ3) is 3.51. The molecule has 18 heavy (non-hydrogen) atoms. The van der Waals surface area contributed by atoms with Gasteiger partial charge in [0.2, 0.25) is 0 Å². The van der Waals surface area contributed by atoms with E-state index in [2.05, 4.69) is 14.5 Å². The summed E-state index contributed by atoms with van der Waals surface area (Å²) in [5.74, 6) is -2.20. The van der Waals surface area contributed by atoms with E-state index in [1.165, 1.54) is 26.3 Å². The van der Waals surface area contributed by atoms with Gasteiger partial charge in [-0.3, -0.25) is 14.6 Å². The predicted octanol–water partition coefficient (Wildman–Crippen LogP) is 1.56. The van der Waals surface area contributed by atoms with Crippen molar-refractivity contribution in [3.05, 3.63) is 29.3 Å². The molecule has 0 aromatic carbocycles. The highest BCUT2D eigenvalue weighted by molar-refractivity contribution is 5.77. The molecule has 0 N–H and O–H groups in total. The Bertz CT molecular complexity index is 461. The van der Waals surface area contributed by atoms with Crippen LogP contribution in [0.2, 0.25) is 0 Å². The summed E-state index contributed by atoms with van der Waals surface area (Å²) < 4.78 is 22.8. The number of nitrogens with zero attached hydrogens (tertiary/aromatic N) is 1. The molecule has 98 valence electrons. The molecule has 0 aliphatic heterocycles. The van der Waals surface area contributed by atoms with Crippen molar-refractivity contribution in [3.8, 4) is 0 Å². The fourth-order valence-electron chi connectivity index (χ4n) is 1.31. The first-order chi connectivity index (χ1) is 8.45. The van der Waals surface area contributed by atoms with Gasteiger partial charge in [0.1, 0.15) is 18.1 Å². The lowest BCUT2D eigenvalue weighted by atomic mass is 10.0. The van der Waals surface area contributed by atoms with Crippen LogP contribution in [0.1, 0.15) is 31.0 Å². The Morgan fingerprint density at radius 1 is 1.50 bits per heavy atom. The first-order valence-corrected chi connectivity index (χ1v) is 5.31. The van der Waals surface area contributed by atoms with Crippen molar-refractivity contribution in [1.82, 2.24) is 4.98 Å². The van der Waals surface area contributed by atoms with Crippen LogP contribution in [0.5, 0.6) is 0 Å². The van der Waals surface area contributed by atoms with E-state index in [4.69, 9.17) is 0 Å². The van der Waals surface area contributed by atoms with Crippen LogP contribution in [0.3, 0.4) is 0 Å². The summed E-state index contributed by atoms with van der Waals surface area (Å²) in [4.78, 5) is 25.7. The fourth-order valence-corrected chi connectivity index (χ4v) is 1.31. The van der Waals surface area contributed by atoms with E-state index in [-0.39, 0.29) is 12.3 Å². The van der Waals surface area contributed by atoms with Crippen LogP contribution in [0.4, 0.5) is 4.39 Å². The Hall–Kier alpha value is -1.98. The Kier molecular flexibility index (Phi) is 4.76. The lowest BCUT2D eigenvalue weighted by Crippen LogP contribution is -2.12. The second kappa shape index (κ2) is 6.09. The molecule has 0 amide bonds. The zero-order chi connectivity index (χ0) is 13.7. The SMILES string of the molecule is COC(=O)C(C)c1cnc(COC(C)=O)c(F)c1. The summed E-state index contributed by atoms with van der Waals surface area (Å²) in [6.45, 7) is 2.59. The number of hydrogen-bond acceptors (Lipinski definition) is 5. The van der Waals surface area contributed by atoms with E-state index in [0.717, 1.165) is 0 Å². The zero-order valence-electron chi connectivity index (χ0n) is 10.4. The van der Waals surface area contributed by atoms with Crippen LogP contribution in [0.25, 0.3) is 0 Å². The molecule has 6 heteroatoms. The molecule has 0 saturated heterocycles. The van der Waals surface area contributed by atoms with E-state index in [1.807, 2.05) is 0 Å². The van der Waals surface area contributed by atoms with Crippen LogP contribution in [-0.4, -0.2) is 24.0 Å². The first-order valence-electron chi connectivity index (χ1n) is 5.31. The molecule has 1 unspecified atom stereocenters. The van der Waals surface area contributed by atoms with Gasteiger partial charge in [0, 0.05) is 13.1 Å². The van der Waals surface area contributed by atoms with Gasteiger partial charge in [0.25, 0.3) is 0 Å². The van der Waals surface area contributed by atoms with E-state index in [0.29, 0.717) is 5.56 Å². The topological polar surface area (TPSA) is 65.5 Å². The van der Waals surface area contributed by atoms with E-state index in [1.54, 1.807) is 6.92 Å². The number of carbonyl (C=O) groups is 2. The van der Waals surface area contributed by atoms with Gasteiger partial charge in [-0.15, -0.1) is 0 Å². The monoisotopic (exact) mass is 255 g/mol. The second-order valence-electron chi connectivity index (χ2n) is 3.72. The van der Waals surface area contributed by atoms with Gasteiger partial charge in [-0.25, -0.2) is 4.39 Å². The molecule has 0 aliphatic carbocycles. The van der Waals surface area contributed by atoms with Gasteiger partial charge in [-0.1, -0.05) is 0 Å². The molecule has 0 saturated carbocycles. The minimum atomic E-state index is -0.621. The largest absolute Gasteiger partial charge is 0.469 e. The maximum absolute atomic E-state index is 13.6. The molecule has 1 atom stereocenters. The normalized spacial score (nSPS) is 11.8. The Balaban J connectivity index is 2.85. The maximum atomic E-state index is 13.6. The highest BCUT2D eigenvalue weighted by atomic mass is 19.1. The average molecular weight is 255 g/mol. The summed E-state index contributed by atoms with van der Waals surface area (Å²) in [5, 5.41) is 0. The Morgan fingerprint density at radius 2 is 2.17 bits per heavy atom. The molecular weight excluding hydrogens is 241 g/mol. The van der Waals surface area contributed by atoms with Crippen molar-refractivity contribution in [2.45, 2.75) is 26.4 Å². The maximum Gasteiger partial charge on any atom is 0.312 e. The number of carbonyl (C=O) groups excluding carboxylic acids is 2. The number of halogens is 1. The summed E-state index contributed by atoms with van der Waals surface area (Å²) in [6.07, 6.45) is 1.36.